The molecule has 1 atom stereocenters. The number of imide groups is 1. The van der Waals surface area contributed by atoms with E-state index in [0.29, 0.717) is 18.3 Å². The smallest absolute Gasteiger partial charge is 0.270 e. The summed E-state index contributed by atoms with van der Waals surface area (Å²) in [6, 6.07) is -0.873. The van der Waals surface area contributed by atoms with Crippen molar-refractivity contribution in [3.63, 3.8) is 0 Å². The van der Waals surface area contributed by atoms with Gasteiger partial charge in [0, 0.05) is 14.1 Å². The zero-order chi connectivity index (χ0) is 20.3. The van der Waals surface area contributed by atoms with Crippen molar-refractivity contribution >= 4 is 29.4 Å². The number of unbranched alkanes of at least 4 members (excludes halogenated alkanes) is 7. The lowest BCUT2D eigenvalue weighted by atomic mass is 10.1. The lowest BCUT2D eigenvalue weighted by Gasteiger charge is -2.32. The van der Waals surface area contributed by atoms with Gasteiger partial charge in [0.25, 0.3) is 5.91 Å². The van der Waals surface area contributed by atoms with Crippen LogP contribution in [0.1, 0.15) is 65.2 Å². The van der Waals surface area contributed by atoms with Crippen molar-refractivity contribution in [2.75, 3.05) is 27.2 Å². The van der Waals surface area contributed by atoms with Crippen LogP contribution in [0.3, 0.4) is 0 Å². The highest BCUT2D eigenvalue weighted by atomic mass is 16.2. The first kappa shape index (κ1) is 20.5. The zero-order valence-corrected chi connectivity index (χ0v) is 17.6. The van der Waals surface area contributed by atoms with Crippen LogP contribution in [-0.2, 0) is 4.79 Å². The highest BCUT2D eigenvalue weighted by Gasteiger charge is 2.53. The Kier molecular flexibility index (Phi) is 6.46. The SMILES string of the molecule is CCCCCCCCCCN1N=C(C)C[N+]2=C1N=C1C2C(=O)N(C)C(=O)N1C. The fourth-order valence-electron chi connectivity index (χ4n) is 4.03. The number of guanidine groups is 1. The number of hydrogen-bond acceptors (Lipinski definition) is 5. The number of urea groups is 1. The number of hydrogen-bond donors (Lipinski definition) is 0. The van der Waals surface area contributed by atoms with Crippen molar-refractivity contribution in [1.82, 2.24) is 14.8 Å². The highest BCUT2D eigenvalue weighted by molar-refractivity contribution is 6.23. The highest BCUT2D eigenvalue weighted by Crippen LogP contribution is 2.22. The van der Waals surface area contributed by atoms with Crippen LogP contribution < -0.4 is 0 Å². The summed E-state index contributed by atoms with van der Waals surface area (Å²) < 4.78 is 1.98. The number of carbonyl (C=O) groups is 2. The molecule has 3 aliphatic rings. The minimum absolute atomic E-state index is 0.224. The molecular formula is C20H33N6O2+. The topological polar surface area (TPSA) is 71.6 Å². The first-order chi connectivity index (χ1) is 13.5. The summed E-state index contributed by atoms with van der Waals surface area (Å²) in [7, 11) is 3.20. The number of rotatable bonds is 9. The second-order valence-corrected chi connectivity index (χ2v) is 7.97. The van der Waals surface area contributed by atoms with Crippen molar-refractivity contribution in [3.05, 3.63) is 0 Å². The van der Waals surface area contributed by atoms with Gasteiger partial charge in [-0.1, -0.05) is 56.9 Å². The van der Waals surface area contributed by atoms with E-state index < -0.39 is 6.04 Å². The van der Waals surface area contributed by atoms with Gasteiger partial charge in [-0.2, -0.15) is 0 Å². The summed E-state index contributed by atoms with van der Waals surface area (Å²) in [4.78, 5) is 32.3. The van der Waals surface area contributed by atoms with Crippen LogP contribution in [0.15, 0.2) is 10.1 Å². The molecule has 0 aromatic rings. The zero-order valence-electron chi connectivity index (χ0n) is 17.6. The predicted octanol–water partition coefficient (Wildman–Crippen LogP) is 2.49. The molecule has 8 nitrogen and oxygen atoms in total. The normalized spacial score (nSPS) is 21.9. The summed E-state index contributed by atoms with van der Waals surface area (Å²) in [6.45, 7) is 5.55. The summed E-state index contributed by atoms with van der Waals surface area (Å²) in [5.74, 6) is 0.976. The van der Waals surface area contributed by atoms with Gasteiger partial charge in [0.1, 0.15) is 6.54 Å². The molecule has 0 radical (unpaired) electrons. The van der Waals surface area contributed by atoms with Gasteiger partial charge in [0.2, 0.25) is 11.9 Å². The molecule has 0 aromatic heterocycles. The molecule has 0 N–H and O–H groups in total. The molecule has 3 heterocycles. The van der Waals surface area contributed by atoms with Crippen molar-refractivity contribution in [2.45, 2.75) is 71.3 Å². The number of hydrazone groups is 1. The van der Waals surface area contributed by atoms with Crippen LogP contribution in [-0.4, -0.2) is 82.1 Å². The summed E-state index contributed by atoms with van der Waals surface area (Å²) in [5.41, 5.74) is 0.953. The van der Waals surface area contributed by atoms with Gasteiger partial charge in [-0.3, -0.25) is 14.6 Å². The maximum absolute atomic E-state index is 12.7. The Morgan fingerprint density at radius 1 is 1.00 bits per heavy atom. The molecule has 0 saturated carbocycles. The fraction of sp³-hybridized carbons (Fsp3) is 0.750. The molecule has 154 valence electrons. The molecule has 1 fully saturated rings. The predicted molar refractivity (Wildman–Crippen MR) is 110 cm³/mol. The molecule has 0 aliphatic carbocycles. The van der Waals surface area contributed by atoms with Crippen LogP contribution in [0.5, 0.6) is 0 Å². The Hall–Kier alpha value is -2.25. The van der Waals surface area contributed by atoms with Gasteiger partial charge < -0.3 is 0 Å². The van der Waals surface area contributed by atoms with E-state index in [-0.39, 0.29) is 11.9 Å². The number of carbonyl (C=O) groups excluding carboxylic acids is 2. The van der Waals surface area contributed by atoms with E-state index in [1.165, 1.54) is 61.8 Å². The van der Waals surface area contributed by atoms with Crippen molar-refractivity contribution in [2.24, 2.45) is 10.1 Å². The summed E-state index contributed by atoms with van der Waals surface area (Å²) in [6.07, 6.45) is 10.0. The molecule has 0 aromatic carbocycles. The summed E-state index contributed by atoms with van der Waals surface area (Å²) in [5, 5.41) is 6.57. The van der Waals surface area contributed by atoms with Gasteiger partial charge in [0.15, 0.2) is 0 Å². The van der Waals surface area contributed by atoms with E-state index in [1.807, 2.05) is 16.5 Å². The third-order valence-electron chi connectivity index (χ3n) is 5.65. The van der Waals surface area contributed by atoms with Crippen molar-refractivity contribution < 1.29 is 14.2 Å². The third kappa shape index (κ3) is 3.95. The van der Waals surface area contributed by atoms with Crippen molar-refractivity contribution in [3.8, 4) is 0 Å². The molecule has 0 spiro atoms. The Balaban J connectivity index is 1.62. The lowest BCUT2D eigenvalue weighted by Crippen LogP contribution is -2.62. The molecule has 3 amide bonds. The van der Waals surface area contributed by atoms with Gasteiger partial charge in [-0.05, 0) is 13.3 Å². The number of aliphatic imine (C=N–C) groups is 1. The molecule has 3 aliphatic heterocycles. The van der Waals surface area contributed by atoms with E-state index in [2.05, 4.69) is 17.0 Å². The molecule has 1 unspecified atom stereocenters. The molecule has 8 heteroatoms. The van der Waals surface area contributed by atoms with Crippen LogP contribution in [0, 0.1) is 0 Å². The second kappa shape index (κ2) is 8.84. The van der Waals surface area contributed by atoms with Gasteiger partial charge in [-0.15, -0.1) is 10.1 Å². The lowest BCUT2D eigenvalue weighted by molar-refractivity contribution is -0.527. The number of amides is 3. The molecule has 3 rings (SSSR count). The van der Waals surface area contributed by atoms with Crippen LogP contribution in [0.2, 0.25) is 0 Å². The van der Waals surface area contributed by atoms with E-state index >= 15 is 0 Å². The van der Waals surface area contributed by atoms with E-state index in [1.54, 1.807) is 7.05 Å². The molecule has 28 heavy (non-hydrogen) atoms. The Morgan fingerprint density at radius 2 is 1.64 bits per heavy atom. The summed E-state index contributed by atoms with van der Waals surface area (Å²) >= 11 is 0. The number of amidine groups is 1. The first-order valence-corrected chi connectivity index (χ1v) is 10.5. The largest absolute Gasteiger partial charge is 0.416 e. The Labute approximate surface area is 167 Å². The average Bonchev–Trinajstić information content (AvgIpc) is 3.06. The van der Waals surface area contributed by atoms with Crippen molar-refractivity contribution in [1.29, 1.82) is 0 Å². The third-order valence-corrected chi connectivity index (χ3v) is 5.65. The maximum atomic E-state index is 12.7. The number of nitrogens with zero attached hydrogens (tertiary/aromatic N) is 6. The quantitative estimate of drug-likeness (QED) is 0.449. The van der Waals surface area contributed by atoms with E-state index in [0.717, 1.165) is 18.7 Å². The van der Waals surface area contributed by atoms with Crippen LogP contribution >= 0.6 is 0 Å². The minimum Gasteiger partial charge on any atom is -0.270 e. The Bertz CT molecular complexity index is 726. The molecule has 0 bridgehead atoms. The van der Waals surface area contributed by atoms with Crippen LogP contribution in [0.4, 0.5) is 4.79 Å². The molecular weight excluding hydrogens is 356 g/mol. The van der Waals surface area contributed by atoms with Crippen LogP contribution in [0.25, 0.3) is 0 Å². The first-order valence-electron chi connectivity index (χ1n) is 10.5. The maximum Gasteiger partial charge on any atom is 0.416 e. The van der Waals surface area contributed by atoms with E-state index in [9.17, 15) is 9.59 Å². The second-order valence-electron chi connectivity index (χ2n) is 7.97. The average molecular weight is 390 g/mol. The fourth-order valence-corrected chi connectivity index (χ4v) is 4.03. The minimum atomic E-state index is -0.533. The van der Waals surface area contributed by atoms with E-state index in [4.69, 9.17) is 0 Å². The van der Waals surface area contributed by atoms with Gasteiger partial charge in [-0.25, -0.2) is 9.37 Å². The number of likely N-dealkylation sites (N-methyl/N-ethyl adjacent to an activating group) is 2. The Morgan fingerprint density at radius 3 is 2.32 bits per heavy atom. The van der Waals surface area contributed by atoms with Gasteiger partial charge >= 0.3 is 12.0 Å². The monoisotopic (exact) mass is 389 g/mol. The number of fused-ring (bicyclic) bond motifs is 2. The standard InChI is InChI=1S/C20H33N6O2/c1-5-6-7-8-9-10-11-12-13-26-19-21-17-16(25(19)14-15(2)22-26)18(27)24(4)20(28)23(17)3/h16H,5-14H2,1-4H3/q+1. The van der Waals surface area contributed by atoms with Gasteiger partial charge in [0.05, 0.1) is 12.3 Å². The molecule has 1 saturated heterocycles.